The van der Waals surface area contributed by atoms with Crippen molar-refractivity contribution in [3.8, 4) is 0 Å². The van der Waals surface area contributed by atoms with Gasteiger partial charge < -0.3 is 10.4 Å². The molecular formula is C17H26ClN3O2. The van der Waals surface area contributed by atoms with Crippen molar-refractivity contribution in [1.29, 1.82) is 0 Å². The van der Waals surface area contributed by atoms with Gasteiger partial charge in [0.15, 0.2) is 0 Å². The number of nitrogens with one attached hydrogen (secondary N) is 1. The lowest BCUT2D eigenvalue weighted by molar-refractivity contribution is -0.123. The third-order valence-electron chi connectivity index (χ3n) is 4.12. The van der Waals surface area contributed by atoms with Gasteiger partial charge in [-0.1, -0.05) is 23.7 Å². The van der Waals surface area contributed by atoms with E-state index in [1.54, 1.807) is 0 Å². The highest BCUT2D eigenvalue weighted by Crippen LogP contribution is 2.11. The van der Waals surface area contributed by atoms with Gasteiger partial charge in [0.2, 0.25) is 5.91 Å². The predicted octanol–water partition coefficient (Wildman–Crippen LogP) is 1.34. The van der Waals surface area contributed by atoms with Crippen LogP contribution in [0.5, 0.6) is 0 Å². The second-order valence-electron chi connectivity index (χ2n) is 6.33. The van der Waals surface area contributed by atoms with Gasteiger partial charge in [0.1, 0.15) is 0 Å². The second kappa shape index (κ2) is 8.64. The van der Waals surface area contributed by atoms with E-state index in [1.165, 1.54) is 0 Å². The van der Waals surface area contributed by atoms with Crippen molar-refractivity contribution in [1.82, 2.24) is 15.1 Å². The fraction of sp³-hybridized carbons (Fsp3) is 0.588. The van der Waals surface area contributed by atoms with Crippen LogP contribution in [-0.4, -0.2) is 65.7 Å². The second-order valence-corrected chi connectivity index (χ2v) is 6.77. The standard InChI is InChI=1S/C17H26ClN3O2/c1-13-10-20(7-8-21(13)11-14(2)22)12-17(23)19-9-15-3-5-16(18)6-4-15/h3-6,13-14,22H,7-12H2,1-2H3,(H,19,23). The van der Waals surface area contributed by atoms with E-state index in [2.05, 4.69) is 22.0 Å². The maximum Gasteiger partial charge on any atom is 0.234 e. The Morgan fingerprint density at radius 1 is 1.39 bits per heavy atom. The summed E-state index contributed by atoms with van der Waals surface area (Å²) in [4.78, 5) is 16.5. The Bertz CT molecular complexity index is 507. The number of halogens is 1. The van der Waals surface area contributed by atoms with Crippen LogP contribution in [0.3, 0.4) is 0 Å². The van der Waals surface area contributed by atoms with Gasteiger partial charge in [0.05, 0.1) is 12.6 Å². The summed E-state index contributed by atoms with van der Waals surface area (Å²) in [7, 11) is 0. The van der Waals surface area contributed by atoms with Crippen molar-refractivity contribution in [3.63, 3.8) is 0 Å². The number of benzene rings is 1. The molecule has 1 amide bonds. The van der Waals surface area contributed by atoms with Gasteiger partial charge in [-0.2, -0.15) is 0 Å². The molecule has 6 heteroatoms. The van der Waals surface area contributed by atoms with Crippen molar-refractivity contribution < 1.29 is 9.90 Å². The molecule has 2 unspecified atom stereocenters. The van der Waals surface area contributed by atoms with Crippen LogP contribution >= 0.6 is 11.6 Å². The van der Waals surface area contributed by atoms with E-state index in [-0.39, 0.29) is 12.0 Å². The summed E-state index contributed by atoms with van der Waals surface area (Å²) >= 11 is 5.85. The zero-order valence-electron chi connectivity index (χ0n) is 13.8. The molecule has 1 aliphatic heterocycles. The maximum absolute atomic E-state index is 12.1. The van der Waals surface area contributed by atoms with Crippen LogP contribution in [0.4, 0.5) is 0 Å². The van der Waals surface area contributed by atoms with E-state index in [9.17, 15) is 9.90 Å². The number of β-amino-alcohol motifs (C(OH)–C–C–N with tert-alkyl or cyclic N) is 1. The summed E-state index contributed by atoms with van der Waals surface area (Å²) in [6, 6.07) is 7.83. The first kappa shape index (κ1) is 18.2. The molecular weight excluding hydrogens is 314 g/mol. The van der Waals surface area contributed by atoms with E-state index in [1.807, 2.05) is 31.2 Å². The molecule has 1 aromatic carbocycles. The number of hydrogen-bond donors (Lipinski definition) is 2. The molecule has 23 heavy (non-hydrogen) atoms. The predicted molar refractivity (Wildman–Crippen MR) is 92.5 cm³/mol. The molecule has 1 saturated heterocycles. The van der Waals surface area contributed by atoms with Gasteiger partial charge in [0.25, 0.3) is 0 Å². The molecule has 0 aliphatic carbocycles. The van der Waals surface area contributed by atoms with E-state index >= 15 is 0 Å². The number of aliphatic hydroxyl groups excluding tert-OH is 1. The first-order valence-corrected chi connectivity index (χ1v) is 8.47. The van der Waals surface area contributed by atoms with Gasteiger partial charge in [-0.25, -0.2) is 0 Å². The maximum atomic E-state index is 12.1. The van der Waals surface area contributed by atoms with Crippen LogP contribution < -0.4 is 5.32 Å². The van der Waals surface area contributed by atoms with Crippen LogP contribution in [0.2, 0.25) is 5.02 Å². The smallest absolute Gasteiger partial charge is 0.234 e. The lowest BCUT2D eigenvalue weighted by atomic mass is 10.1. The third-order valence-corrected chi connectivity index (χ3v) is 4.37. The Morgan fingerprint density at radius 3 is 2.70 bits per heavy atom. The van der Waals surface area contributed by atoms with Gasteiger partial charge in [-0.15, -0.1) is 0 Å². The molecule has 0 radical (unpaired) electrons. The van der Waals surface area contributed by atoms with E-state index in [0.29, 0.717) is 30.7 Å². The Balaban J connectivity index is 1.72. The van der Waals surface area contributed by atoms with Crippen molar-refractivity contribution in [2.24, 2.45) is 0 Å². The highest BCUT2D eigenvalue weighted by atomic mass is 35.5. The number of rotatable bonds is 6. The first-order chi connectivity index (χ1) is 10.9. The van der Waals surface area contributed by atoms with Gasteiger partial charge in [-0.05, 0) is 31.5 Å². The fourth-order valence-corrected chi connectivity index (χ4v) is 3.01. The minimum absolute atomic E-state index is 0.0381. The minimum Gasteiger partial charge on any atom is -0.392 e. The Hall–Kier alpha value is -1.14. The van der Waals surface area contributed by atoms with E-state index in [0.717, 1.165) is 25.2 Å². The number of piperazine rings is 1. The van der Waals surface area contributed by atoms with Crippen LogP contribution in [0, 0.1) is 0 Å². The lowest BCUT2D eigenvalue weighted by Gasteiger charge is -2.40. The Labute approximate surface area is 143 Å². The van der Waals surface area contributed by atoms with Crippen LogP contribution in [0.15, 0.2) is 24.3 Å². The van der Waals surface area contributed by atoms with E-state index < -0.39 is 0 Å². The molecule has 2 atom stereocenters. The van der Waals surface area contributed by atoms with Crippen molar-refractivity contribution in [2.75, 3.05) is 32.7 Å². The number of amides is 1. The first-order valence-electron chi connectivity index (χ1n) is 8.09. The monoisotopic (exact) mass is 339 g/mol. The van der Waals surface area contributed by atoms with Gasteiger partial charge in [-0.3, -0.25) is 14.6 Å². The SMILES string of the molecule is CC(O)CN1CCN(CC(=O)NCc2ccc(Cl)cc2)CC1C. The summed E-state index contributed by atoms with van der Waals surface area (Å²) in [6.45, 7) is 8.16. The molecule has 1 heterocycles. The molecule has 2 rings (SSSR count). The molecule has 0 aromatic heterocycles. The van der Waals surface area contributed by atoms with Gasteiger partial charge in [0, 0.05) is 43.8 Å². The molecule has 0 bridgehead atoms. The largest absolute Gasteiger partial charge is 0.392 e. The number of nitrogens with zero attached hydrogens (tertiary/aromatic N) is 2. The quantitative estimate of drug-likeness (QED) is 0.821. The lowest BCUT2D eigenvalue weighted by Crippen LogP contribution is -2.55. The highest BCUT2D eigenvalue weighted by molar-refractivity contribution is 6.30. The minimum atomic E-state index is -0.313. The average Bonchev–Trinajstić information content (AvgIpc) is 2.49. The summed E-state index contributed by atoms with van der Waals surface area (Å²) in [6.07, 6.45) is -0.313. The number of aliphatic hydroxyl groups is 1. The van der Waals surface area contributed by atoms with Crippen LogP contribution in [0.25, 0.3) is 0 Å². The topological polar surface area (TPSA) is 55.8 Å². The molecule has 0 spiro atoms. The summed E-state index contributed by atoms with van der Waals surface area (Å²) < 4.78 is 0. The normalized spacial score (nSPS) is 21.1. The fourth-order valence-electron chi connectivity index (χ4n) is 2.89. The molecule has 0 saturated carbocycles. The number of hydrogen-bond acceptors (Lipinski definition) is 4. The Kier molecular flexibility index (Phi) is 6.84. The summed E-state index contributed by atoms with van der Waals surface area (Å²) in [5.74, 6) is 0.0381. The molecule has 1 fully saturated rings. The summed E-state index contributed by atoms with van der Waals surface area (Å²) in [5.41, 5.74) is 1.04. The molecule has 1 aromatic rings. The average molecular weight is 340 g/mol. The van der Waals surface area contributed by atoms with Crippen molar-refractivity contribution >= 4 is 17.5 Å². The molecule has 1 aliphatic rings. The van der Waals surface area contributed by atoms with Crippen molar-refractivity contribution in [3.05, 3.63) is 34.9 Å². The Morgan fingerprint density at radius 2 is 2.09 bits per heavy atom. The molecule has 2 N–H and O–H groups in total. The van der Waals surface area contributed by atoms with Crippen LogP contribution in [0.1, 0.15) is 19.4 Å². The number of carbonyl (C=O) groups is 1. The highest BCUT2D eigenvalue weighted by Gasteiger charge is 2.25. The number of carbonyl (C=O) groups excluding carboxylic acids is 1. The molecule has 5 nitrogen and oxygen atoms in total. The van der Waals surface area contributed by atoms with Gasteiger partial charge >= 0.3 is 0 Å². The third kappa shape index (κ3) is 6.11. The molecule has 128 valence electrons. The zero-order chi connectivity index (χ0) is 16.8. The summed E-state index contributed by atoms with van der Waals surface area (Å²) in [5, 5.41) is 13.1. The van der Waals surface area contributed by atoms with Crippen molar-refractivity contribution in [2.45, 2.75) is 32.5 Å². The zero-order valence-corrected chi connectivity index (χ0v) is 14.6. The van der Waals surface area contributed by atoms with E-state index in [4.69, 9.17) is 11.6 Å². The van der Waals surface area contributed by atoms with Crippen LogP contribution in [-0.2, 0) is 11.3 Å².